The number of pyridine rings is 1. The van der Waals surface area contributed by atoms with Crippen LogP contribution in [0.4, 0.5) is 0 Å². The summed E-state index contributed by atoms with van der Waals surface area (Å²) in [6.07, 6.45) is 4.75. The Labute approximate surface area is 115 Å². The van der Waals surface area contributed by atoms with E-state index in [9.17, 15) is 9.59 Å². The minimum absolute atomic E-state index is 0.0235. The second-order valence-electron chi connectivity index (χ2n) is 5.00. The van der Waals surface area contributed by atoms with E-state index in [1.165, 1.54) is 6.08 Å². The van der Waals surface area contributed by atoms with Gasteiger partial charge in [0, 0.05) is 25.2 Å². The fourth-order valence-corrected chi connectivity index (χ4v) is 2.79. The fourth-order valence-electron chi connectivity index (χ4n) is 2.79. The molecule has 0 unspecified atom stereocenters. The average Bonchev–Trinajstić information content (AvgIpc) is 2.86. The Kier molecular flexibility index (Phi) is 3.14. The van der Waals surface area contributed by atoms with E-state index in [1.807, 2.05) is 0 Å². The summed E-state index contributed by atoms with van der Waals surface area (Å²) in [6, 6.07) is 1.78. The molecule has 0 saturated carbocycles. The number of hydrogen-bond donors (Lipinski definition) is 2. The van der Waals surface area contributed by atoms with Crippen LogP contribution in [0.2, 0.25) is 0 Å². The van der Waals surface area contributed by atoms with Crippen molar-refractivity contribution < 1.29 is 4.79 Å². The molecule has 1 fully saturated rings. The van der Waals surface area contributed by atoms with Crippen LogP contribution in [-0.2, 0) is 4.79 Å². The van der Waals surface area contributed by atoms with Gasteiger partial charge in [0.1, 0.15) is 0 Å². The summed E-state index contributed by atoms with van der Waals surface area (Å²) < 4.78 is 0. The van der Waals surface area contributed by atoms with Crippen molar-refractivity contribution in [2.45, 2.75) is 18.8 Å². The van der Waals surface area contributed by atoms with Crippen LogP contribution in [0.15, 0.2) is 29.7 Å². The maximum Gasteiger partial charge on any atom is 0.323 e. The number of fused-ring (bicyclic) bond motifs is 1. The van der Waals surface area contributed by atoms with E-state index in [0.717, 1.165) is 29.6 Å². The lowest BCUT2D eigenvalue weighted by Gasteiger charge is -2.31. The summed E-state index contributed by atoms with van der Waals surface area (Å²) >= 11 is 0. The van der Waals surface area contributed by atoms with Crippen LogP contribution < -0.4 is 5.69 Å². The van der Waals surface area contributed by atoms with Gasteiger partial charge in [-0.05, 0) is 25.0 Å². The number of hydrogen-bond acceptors (Lipinski definition) is 3. The van der Waals surface area contributed by atoms with Gasteiger partial charge >= 0.3 is 5.69 Å². The van der Waals surface area contributed by atoms with E-state index >= 15 is 0 Å². The molecular weight excluding hydrogens is 256 g/mol. The number of amides is 1. The molecule has 6 nitrogen and oxygen atoms in total. The van der Waals surface area contributed by atoms with E-state index in [4.69, 9.17) is 0 Å². The van der Waals surface area contributed by atoms with Crippen molar-refractivity contribution in [2.75, 3.05) is 13.1 Å². The molecule has 0 aliphatic carbocycles. The van der Waals surface area contributed by atoms with Crippen molar-refractivity contribution in [2.24, 2.45) is 0 Å². The monoisotopic (exact) mass is 272 g/mol. The molecule has 0 aromatic carbocycles. The van der Waals surface area contributed by atoms with Crippen LogP contribution in [-0.4, -0.2) is 38.8 Å². The molecule has 1 saturated heterocycles. The topological polar surface area (TPSA) is 81.8 Å². The molecule has 2 N–H and O–H groups in total. The Morgan fingerprint density at radius 1 is 1.40 bits per heavy atom. The first-order valence-electron chi connectivity index (χ1n) is 6.67. The molecule has 2 aromatic heterocycles. The molecule has 1 aliphatic heterocycles. The van der Waals surface area contributed by atoms with Gasteiger partial charge in [-0.1, -0.05) is 6.58 Å². The summed E-state index contributed by atoms with van der Waals surface area (Å²) in [6.45, 7) is 4.90. The maximum atomic E-state index is 11.6. The van der Waals surface area contributed by atoms with E-state index < -0.39 is 0 Å². The summed E-state index contributed by atoms with van der Waals surface area (Å²) in [5.74, 6) is 0.240. The lowest BCUT2D eigenvalue weighted by atomic mass is 9.92. The first-order chi connectivity index (χ1) is 9.69. The number of carbonyl (C=O) groups is 1. The number of aromatic amines is 2. The molecule has 6 heteroatoms. The smallest absolute Gasteiger partial charge is 0.323 e. The van der Waals surface area contributed by atoms with Crippen molar-refractivity contribution in [3.05, 3.63) is 41.1 Å². The zero-order valence-corrected chi connectivity index (χ0v) is 11.1. The normalized spacial score (nSPS) is 16.5. The minimum atomic E-state index is -0.214. The summed E-state index contributed by atoms with van der Waals surface area (Å²) in [7, 11) is 0. The molecule has 0 radical (unpaired) electrons. The molecule has 20 heavy (non-hydrogen) atoms. The predicted octanol–water partition coefficient (Wildman–Crippen LogP) is 1.14. The first kappa shape index (κ1) is 12.7. The molecule has 0 spiro atoms. The van der Waals surface area contributed by atoms with Gasteiger partial charge in [-0.3, -0.25) is 9.78 Å². The van der Waals surface area contributed by atoms with Gasteiger partial charge < -0.3 is 14.9 Å². The van der Waals surface area contributed by atoms with Gasteiger partial charge in [0.15, 0.2) is 0 Å². The van der Waals surface area contributed by atoms with Gasteiger partial charge in [-0.2, -0.15) is 0 Å². The summed E-state index contributed by atoms with van der Waals surface area (Å²) in [5, 5.41) is 0. The third-order valence-electron chi connectivity index (χ3n) is 3.83. The molecule has 0 bridgehead atoms. The highest BCUT2D eigenvalue weighted by molar-refractivity contribution is 5.87. The van der Waals surface area contributed by atoms with E-state index in [2.05, 4.69) is 21.5 Å². The number of imidazole rings is 1. The molecule has 3 heterocycles. The molecule has 0 atom stereocenters. The van der Waals surface area contributed by atoms with E-state index in [1.54, 1.807) is 17.2 Å². The van der Waals surface area contributed by atoms with E-state index in [-0.39, 0.29) is 17.5 Å². The number of carbonyl (C=O) groups excluding carboxylic acids is 1. The highest BCUT2D eigenvalue weighted by Crippen LogP contribution is 2.29. The molecule has 2 aromatic rings. The number of likely N-dealkylation sites (tertiary alicyclic amines) is 1. The van der Waals surface area contributed by atoms with E-state index in [0.29, 0.717) is 13.1 Å². The van der Waals surface area contributed by atoms with Crippen LogP contribution in [0.1, 0.15) is 24.5 Å². The second kappa shape index (κ2) is 4.96. The van der Waals surface area contributed by atoms with Crippen molar-refractivity contribution in [1.82, 2.24) is 19.9 Å². The Morgan fingerprint density at radius 3 is 2.85 bits per heavy atom. The first-order valence-corrected chi connectivity index (χ1v) is 6.67. The number of nitrogens with one attached hydrogen (secondary N) is 2. The summed E-state index contributed by atoms with van der Waals surface area (Å²) in [4.78, 5) is 34.7. The van der Waals surface area contributed by atoms with Gasteiger partial charge in [-0.15, -0.1) is 0 Å². The zero-order valence-electron chi connectivity index (χ0n) is 11.1. The third-order valence-corrected chi connectivity index (χ3v) is 3.83. The van der Waals surface area contributed by atoms with Crippen LogP contribution in [0.3, 0.4) is 0 Å². The lowest BCUT2D eigenvalue weighted by Crippen LogP contribution is -2.37. The fraction of sp³-hybridized carbons (Fsp3) is 0.357. The SMILES string of the molecule is C=CC(=O)N1CCC(c2nccc3[nH]c(=O)[nH]c23)CC1. The van der Waals surface area contributed by atoms with Gasteiger partial charge in [0.25, 0.3) is 0 Å². The van der Waals surface area contributed by atoms with Gasteiger partial charge in [0.05, 0.1) is 16.7 Å². The predicted molar refractivity (Wildman–Crippen MR) is 75.5 cm³/mol. The number of rotatable bonds is 2. The second-order valence-corrected chi connectivity index (χ2v) is 5.00. The molecule has 104 valence electrons. The zero-order chi connectivity index (χ0) is 14.1. The van der Waals surface area contributed by atoms with Crippen LogP contribution in [0, 0.1) is 0 Å². The number of piperidine rings is 1. The molecular formula is C14H16N4O2. The van der Waals surface area contributed by atoms with Gasteiger partial charge in [-0.25, -0.2) is 4.79 Å². The quantitative estimate of drug-likeness (QED) is 0.804. The van der Waals surface area contributed by atoms with Crippen molar-refractivity contribution in [3.63, 3.8) is 0 Å². The molecule has 1 aliphatic rings. The number of H-pyrrole nitrogens is 2. The van der Waals surface area contributed by atoms with Crippen molar-refractivity contribution in [1.29, 1.82) is 0 Å². The standard InChI is InChI=1S/C14H16N4O2/c1-2-11(19)18-7-4-9(5-8-18)12-13-10(3-6-15-12)16-14(20)17-13/h2-3,6,9H,1,4-5,7-8H2,(H2,16,17,20). The number of nitrogens with zero attached hydrogens (tertiary/aromatic N) is 2. The Balaban J connectivity index is 1.85. The average molecular weight is 272 g/mol. The van der Waals surface area contributed by atoms with Crippen molar-refractivity contribution in [3.8, 4) is 0 Å². The van der Waals surface area contributed by atoms with Crippen LogP contribution in [0.25, 0.3) is 11.0 Å². The Hall–Kier alpha value is -2.37. The highest BCUT2D eigenvalue weighted by Gasteiger charge is 2.25. The van der Waals surface area contributed by atoms with Gasteiger partial charge in [0.2, 0.25) is 5.91 Å². The van der Waals surface area contributed by atoms with Crippen LogP contribution >= 0.6 is 0 Å². The molecule has 3 rings (SSSR count). The van der Waals surface area contributed by atoms with Crippen molar-refractivity contribution >= 4 is 16.9 Å². The Bertz CT molecular complexity index is 707. The minimum Gasteiger partial charge on any atom is -0.339 e. The Morgan fingerprint density at radius 2 is 2.15 bits per heavy atom. The number of aromatic nitrogens is 3. The highest BCUT2D eigenvalue weighted by atomic mass is 16.2. The summed E-state index contributed by atoms with van der Waals surface area (Å²) in [5.41, 5.74) is 2.26. The van der Waals surface area contributed by atoms with Crippen LogP contribution in [0.5, 0.6) is 0 Å². The third kappa shape index (κ3) is 2.13. The molecule has 1 amide bonds. The lowest BCUT2D eigenvalue weighted by molar-refractivity contribution is -0.127. The largest absolute Gasteiger partial charge is 0.339 e. The maximum absolute atomic E-state index is 11.6.